The number of nitrogens with one attached hydrogen (secondary N) is 2. The zero-order valence-corrected chi connectivity index (χ0v) is 26.3. The molecule has 236 valence electrons. The third kappa shape index (κ3) is 8.71. The zero-order chi connectivity index (χ0) is 32.0. The highest BCUT2D eigenvalue weighted by Crippen LogP contribution is 2.29. The van der Waals surface area contributed by atoms with Crippen LogP contribution in [0.5, 0.6) is 5.75 Å². The number of amides is 2. The first-order valence-corrected chi connectivity index (χ1v) is 16.3. The number of aliphatic hydroxyl groups is 1. The van der Waals surface area contributed by atoms with Crippen LogP contribution in [-0.2, 0) is 27.8 Å². The third-order valence-electron chi connectivity index (χ3n) is 7.59. The number of hydrogen-bond acceptors (Lipinski definition) is 8. The van der Waals surface area contributed by atoms with Crippen molar-refractivity contribution in [1.82, 2.24) is 9.80 Å². The summed E-state index contributed by atoms with van der Waals surface area (Å²) in [6, 6.07) is 19.0. The maximum atomic E-state index is 13.4. The van der Waals surface area contributed by atoms with Crippen LogP contribution in [0, 0.1) is 5.92 Å². The van der Waals surface area contributed by atoms with E-state index in [4.69, 9.17) is 10.5 Å². The van der Waals surface area contributed by atoms with E-state index in [1.54, 1.807) is 60.4 Å². The minimum atomic E-state index is -3.51. The van der Waals surface area contributed by atoms with Crippen LogP contribution >= 0.6 is 0 Å². The number of rotatable bonds is 10. The van der Waals surface area contributed by atoms with Crippen molar-refractivity contribution < 1.29 is 27.9 Å². The van der Waals surface area contributed by atoms with Crippen molar-refractivity contribution in [3.8, 4) is 5.75 Å². The lowest BCUT2D eigenvalue weighted by atomic mass is 10.0. The fraction of sp³-hybridized carbons (Fsp3) is 0.375. The Bertz CT molecular complexity index is 1580. The maximum absolute atomic E-state index is 13.4. The fourth-order valence-electron chi connectivity index (χ4n) is 5.18. The van der Waals surface area contributed by atoms with Crippen LogP contribution in [0.25, 0.3) is 0 Å². The van der Waals surface area contributed by atoms with Crippen LogP contribution in [0.15, 0.2) is 66.7 Å². The second kappa shape index (κ2) is 14.1. The van der Waals surface area contributed by atoms with E-state index in [2.05, 4.69) is 14.9 Å². The molecule has 0 bridgehead atoms. The molecule has 12 heteroatoms. The Hall–Kier alpha value is -4.13. The molecular weight excluding hydrogens is 582 g/mol. The Labute approximate surface area is 259 Å². The molecule has 2 amide bonds. The number of sulfonamides is 1. The number of hydrogen-bond donors (Lipinski definition) is 4. The summed E-state index contributed by atoms with van der Waals surface area (Å²) in [6.45, 7) is 5.12. The largest absolute Gasteiger partial charge is 0.488 e. The van der Waals surface area contributed by atoms with E-state index >= 15 is 0 Å². The van der Waals surface area contributed by atoms with Gasteiger partial charge < -0.3 is 25.8 Å². The molecule has 0 saturated carbocycles. The topological polar surface area (TPSA) is 154 Å². The van der Waals surface area contributed by atoms with Crippen LogP contribution in [0.4, 0.5) is 17.1 Å². The smallest absolute Gasteiger partial charge is 0.255 e. The Morgan fingerprint density at radius 3 is 2.52 bits per heavy atom. The van der Waals surface area contributed by atoms with Gasteiger partial charge in [0.1, 0.15) is 11.9 Å². The van der Waals surface area contributed by atoms with E-state index < -0.39 is 16.1 Å². The summed E-state index contributed by atoms with van der Waals surface area (Å²) in [5.74, 6) is -0.00421. The van der Waals surface area contributed by atoms with Gasteiger partial charge in [-0.2, -0.15) is 0 Å². The molecule has 0 fully saturated rings. The van der Waals surface area contributed by atoms with Gasteiger partial charge >= 0.3 is 0 Å². The molecular formula is C32H41N5O6S. The molecule has 1 aliphatic heterocycles. The number of likely N-dealkylation sites (N-methyl/N-ethyl adjacent to an activating group) is 1. The van der Waals surface area contributed by atoms with Gasteiger partial charge in [-0.3, -0.25) is 19.2 Å². The lowest BCUT2D eigenvalue weighted by Gasteiger charge is -2.34. The van der Waals surface area contributed by atoms with Crippen LogP contribution in [-0.4, -0.2) is 80.3 Å². The Balaban J connectivity index is 1.50. The Morgan fingerprint density at radius 1 is 1.16 bits per heavy atom. The standard InChI is InChI=1S/C32H41N5O6S/c1-21-17-37(22(2)20-38)31(39)16-25-15-26(35-44(4,41)42)13-14-29(25)43-30(21)19-36(3)18-23-9-11-24(12-10-23)32(40)34-28-8-6-5-7-27(28)33/h5-15,21-22,30,35,38H,16-20,33H2,1-4H3,(H,34,40)/t21-,22-,30+/m1/s1. The highest BCUT2D eigenvalue weighted by atomic mass is 32.2. The van der Waals surface area contributed by atoms with E-state index in [1.165, 1.54) is 0 Å². The number of fused-ring (bicyclic) bond motifs is 1. The number of anilines is 3. The number of nitrogens with two attached hydrogens (primary N) is 1. The summed E-state index contributed by atoms with van der Waals surface area (Å²) < 4.78 is 32.6. The van der Waals surface area contributed by atoms with Crippen molar-refractivity contribution in [1.29, 1.82) is 0 Å². The average molecular weight is 624 g/mol. The van der Waals surface area contributed by atoms with E-state index in [-0.39, 0.29) is 36.9 Å². The van der Waals surface area contributed by atoms with Crippen LogP contribution in [0.2, 0.25) is 0 Å². The van der Waals surface area contributed by atoms with E-state index in [1.807, 2.05) is 32.2 Å². The Morgan fingerprint density at radius 2 is 1.86 bits per heavy atom. The molecule has 0 aromatic heterocycles. The van der Waals surface area contributed by atoms with Crippen molar-refractivity contribution in [2.75, 3.05) is 48.8 Å². The first kappa shape index (κ1) is 32.8. The van der Waals surface area contributed by atoms with E-state index in [0.717, 1.165) is 11.8 Å². The predicted octanol–water partition coefficient (Wildman–Crippen LogP) is 3.17. The van der Waals surface area contributed by atoms with Crippen molar-refractivity contribution in [2.24, 2.45) is 5.92 Å². The van der Waals surface area contributed by atoms with Crippen LogP contribution in [0.3, 0.4) is 0 Å². The summed E-state index contributed by atoms with van der Waals surface area (Å²) in [4.78, 5) is 29.9. The first-order chi connectivity index (χ1) is 20.8. The molecule has 3 atom stereocenters. The normalized spacial score (nSPS) is 18.0. The predicted molar refractivity (Wildman–Crippen MR) is 172 cm³/mol. The molecule has 1 heterocycles. The number of nitrogens with zero attached hydrogens (tertiary/aromatic N) is 2. The number of carbonyl (C=O) groups excluding carboxylic acids is 2. The molecule has 0 aliphatic carbocycles. The number of ether oxygens (including phenoxy) is 1. The Kier molecular flexibility index (Phi) is 10.5. The van der Waals surface area contributed by atoms with Crippen molar-refractivity contribution in [3.05, 3.63) is 83.4 Å². The summed E-state index contributed by atoms with van der Waals surface area (Å²) in [5.41, 5.74) is 9.41. The quantitative estimate of drug-likeness (QED) is 0.251. The first-order valence-electron chi connectivity index (χ1n) is 14.4. The molecule has 3 aromatic carbocycles. The molecule has 4 rings (SSSR count). The van der Waals surface area contributed by atoms with Crippen molar-refractivity contribution in [3.63, 3.8) is 0 Å². The number of carbonyl (C=O) groups is 2. The van der Waals surface area contributed by atoms with Crippen molar-refractivity contribution in [2.45, 2.75) is 39.0 Å². The third-order valence-corrected chi connectivity index (χ3v) is 8.20. The molecule has 0 saturated heterocycles. The molecule has 0 spiro atoms. The van der Waals surface area contributed by atoms with Gasteiger partial charge in [0.25, 0.3) is 5.91 Å². The average Bonchev–Trinajstić information content (AvgIpc) is 3.00. The van der Waals surface area contributed by atoms with Gasteiger partial charge in [0.2, 0.25) is 15.9 Å². The van der Waals surface area contributed by atoms with E-state index in [9.17, 15) is 23.1 Å². The molecule has 3 aromatic rings. The lowest BCUT2D eigenvalue weighted by molar-refractivity contribution is -0.134. The second-order valence-electron chi connectivity index (χ2n) is 11.5. The molecule has 11 nitrogen and oxygen atoms in total. The molecule has 1 aliphatic rings. The van der Waals surface area contributed by atoms with Crippen LogP contribution < -0.4 is 20.5 Å². The van der Waals surface area contributed by atoms with Gasteiger partial charge in [0.15, 0.2) is 0 Å². The van der Waals surface area contributed by atoms with Crippen molar-refractivity contribution >= 4 is 38.9 Å². The fourth-order valence-corrected chi connectivity index (χ4v) is 5.73. The van der Waals surface area contributed by atoms with Gasteiger partial charge in [-0.1, -0.05) is 31.2 Å². The summed E-state index contributed by atoms with van der Waals surface area (Å²) in [5, 5.41) is 12.7. The summed E-state index contributed by atoms with van der Waals surface area (Å²) in [7, 11) is -1.54. The highest BCUT2D eigenvalue weighted by Gasteiger charge is 2.31. The van der Waals surface area contributed by atoms with Gasteiger partial charge in [-0.15, -0.1) is 0 Å². The minimum Gasteiger partial charge on any atom is -0.488 e. The molecule has 0 unspecified atom stereocenters. The van der Waals surface area contributed by atoms with Gasteiger partial charge in [-0.05, 0) is 62.0 Å². The number of nitrogen functional groups attached to an aromatic ring is 1. The summed E-state index contributed by atoms with van der Waals surface area (Å²) >= 11 is 0. The maximum Gasteiger partial charge on any atom is 0.255 e. The molecule has 0 radical (unpaired) electrons. The van der Waals surface area contributed by atoms with Gasteiger partial charge in [0, 0.05) is 42.4 Å². The number of benzene rings is 3. The highest BCUT2D eigenvalue weighted by molar-refractivity contribution is 7.92. The minimum absolute atomic E-state index is 0.00499. The SMILES string of the molecule is C[C@@H]1CN([C@H](C)CO)C(=O)Cc2cc(NS(C)(=O)=O)ccc2O[C@H]1CN(C)Cc1ccc(C(=O)Nc2ccccc2N)cc1. The molecule has 5 N–H and O–H groups in total. The van der Waals surface area contributed by atoms with Gasteiger partial charge in [0.05, 0.1) is 36.7 Å². The molecule has 44 heavy (non-hydrogen) atoms. The van der Waals surface area contributed by atoms with Gasteiger partial charge in [-0.25, -0.2) is 8.42 Å². The number of para-hydroxylation sites is 2. The zero-order valence-electron chi connectivity index (χ0n) is 25.5. The summed E-state index contributed by atoms with van der Waals surface area (Å²) in [6.07, 6.45) is 0.747. The number of aliphatic hydroxyl groups excluding tert-OH is 1. The van der Waals surface area contributed by atoms with Crippen LogP contribution in [0.1, 0.15) is 35.3 Å². The monoisotopic (exact) mass is 623 g/mol. The lowest BCUT2D eigenvalue weighted by Crippen LogP contribution is -2.47. The second-order valence-corrected chi connectivity index (χ2v) is 13.3. The van der Waals surface area contributed by atoms with E-state index in [0.29, 0.717) is 53.6 Å².